The molecule has 2 aromatic carbocycles. The van der Waals surface area contributed by atoms with Crippen molar-refractivity contribution in [3.8, 4) is 0 Å². The summed E-state index contributed by atoms with van der Waals surface area (Å²) < 4.78 is 10.5. The topological polar surface area (TPSA) is 93.7 Å². The molecule has 0 spiro atoms. The lowest BCUT2D eigenvalue weighted by molar-refractivity contribution is -0.141. The summed E-state index contributed by atoms with van der Waals surface area (Å²) in [5.74, 6) is -2.25. The molecule has 7 nitrogen and oxygen atoms in total. The molecule has 1 heterocycles. The maximum absolute atomic E-state index is 13.5. The van der Waals surface area contributed by atoms with Gasteiger partial charge >= 0.3 is 11.9 Å². The smallest absolute Gasteiger partial charge is 0.336 e. The fourth-order valence-electron chi connectivity index (χ4n) is 3.96. The number of ether oxygens (including phenoxy) is 2. The quantitative estimate of drug-likeness (QED) is 0.484. The van der Waals surface area contributed by atoms with Crippen LogP contribution in [-0.4, -0.2) is 37.6 Å². The lowest BCUT2D eigenvalue weighted by Gasteiger charge is -2.31. The van der Waals surface area contributed by atoms with Crippen LogP contribution in [0.4, 0.5) is 0 Å². The minimum Gasteiger partial charge on any atom is -0.463 e. The molecule has 1 atom stereocenters. The van der Waals surface area contributed by atoms with E-state index in [1.807, 2.05) is 42.5 Å². The number of halogens is 1. The average Bonchev–Trinajstić information content (AvgIpc) is 2.85. The van der Waals surface area contributed by atoms with Crippen LogP contribution < -0.4 is 10.6 Å². The number of carbonyl (C=O) groups excluding carboxylic acids is 3. The second-order valence-corrected chi connectivity index (χ2v) is 8.50. The van der Waals surface area contributed by atoms with E-state index in [9.17, 15) is 14.4 Å². The van der Waals surface area contributed by atoms with E-state index in [1.54, 1.807) is 38.1 Å². The Morgan fingerprint density at radius 1 is 1.06 bits per heavy atom. The van der Waals surface area contributed by atoms with Crippen molar-refractivity contribution in [2.45, 2.75) is 26.7 Å². The van der Waals surface area contributed by atoms with Gasteiger partial charge in [-0.25, -0.2) is 4.79 Å². The van der Waals surface area contributed by atoms with E-state index in [4.69, 9.17) is 21.1 Å². The number of esters is 2. The van der Waals surface area contributed by atoms with Crippen LogP contribution in [0.15, 0.2) is 83.2 Å². The maximum Gasteiger partial charge on any atom is 0.336 e. The number of hydrogen-bond donors (Lipinski definition) is 2. The first-order valence-electron chi connectivity index (χ1n) is 11.6. The van der Waals surface area contributed by atoms with Gasteiger partial charge in [-0.05, 0) is 37.1 Å². The molecule has 0 aromatic heterocycles. The Kier molecular flexibility index (Phi) is 9.47. The summed E-state index contributed by atoms with van der Waals surface area (Å²) in [7, 11) is 0. The molecule has 0 fully saturated rings. The van der Waals surface area contributed by atoms with Crippen LogP contribution in [0.3, 0.4) is 0 Å². The largest absolute Gasteiger partial charge is 0.463 e. The SMILES string of the molecule is CCOC(=O)C1=C(COC(C)=O)NC(C)=C(C(=O)NCC=Cc2ccccc2)C1c1cccc(Cl)c1. The highest BCUT2D eigenvalue weighted by Gasteiger charge is 2.38. The van der Waals surface area contributed by atoms with E-state index in [1.165, 1.54) is 6.92 Å². The third kappa shape index (κ3) is 6.86. The minimum absolute atomic E-state index is 0.139. The lowest BCUT2D eigenvalue weighted by atomic mass is 9.80. The Morgan fingerprint density at radius 3 is 2.47 bits per heavy atom. The van der Waals surface area contributed by atoms with Gasteiger partial charge in [0.2, 0.25) is 5.91 Å². The Balaban J connectivity index is 1.98. The summed E-state index contributed by atoms with van der Waals surface area (Å²) in [5.41, 5.74) is 3.07. The maximum atomic E-state index is 13.5. The number of rotatable bonds is 9. The number of nitrogens with one attached hydrogen (secondary N) is 2. The molecule has 8 heteroatoms. The Morgan fingerprint density at radius 2 is 1.81 bits per heavy atom. The van der Waals surface area contributed by atoms with Crippen molar-refractivity contribution >= 4 is 35.5 Å². The number of benzene rings is 2. The van der Waals surface area contributed by atoms with Crippen molar-refractivity contribution in [1.82, 2.24) is 10.6 Å². The van der Waals surface area contributed by atoms with Gasteiger partial charge < -0.3 is 20.1 Å². The van der Waals surface area contributed by atoms with Gasteiger partial charge in [0.05, 0.1) is 23.8 Å². The second-order valence-electron chi connectivity index (χ2n) is 8.07. The predicted molar refractivity (Wildman–Crippen MR) is 139 cm³/mol. The molecule has 0 bridgehead atoms. The molecule has 0 saturated heterocycles. The third-order valence-electron chi connectivity index (χ3n) is 5.48. The van der Waals surface area contributed by atoms with E-state index in [0.717, 1.165) is 5.56 Å². The van der Waals surface area contributed by atoms with E-state index in [-0.39, 0.29) is 31.2 Å². The van der Waals surface area contributed by atoms with Gasteiger partial charge in [0.1, 0.15) is 6.61 Å². The lowest BCUT2D eigenvalue weighted by Crippen LogP contribution is -2.38. The first-order chi connectivity index (χ1) is 17.3. The normalized spacial score (nSPS) is 15.5. The van der Waals surface area contributed by atoms with Gasteiger partial charge in [-0.15, -0.1) is 0 Å². The van der Waals surface area contributed by atoms with Crippen LogP contribution >= 0.6 is 11.6 Å². The first-order valence-corrected chi connectivity index (χ1v) is 12.0. The standard InChI is InChI=1S/C28H29ClN2O5/c1-4-35-28(34)26-23(17-36-19(3)32)31-18(2)24(25(26)21-13-8-14-22(29)16-21)27(33)30-15-9-12-20-10-6-5-7-11-20/h5-14,16,25,31H,4,15,17H2,1-3H3,(H,30,33). The Hall–Kier alpha value is -3.84. The van der Waals surface area contributed by atoms with Crippen molar-refractivity contribution in [2.24, 2.45) is 0 Å². The van der Waals surface area contributed by atoms with E-state index in [2.05, 4.69) is 10.6 Å². The second kappa shape index (κ2) is 12.7. The van der Waals surface area contributed by atoms with Crippen molar-refractivity contribution in [2.75, 3.05) is 19.8 Å². The van der Waals surface area contributed by atoms with Gasteiger partial charge in [-0.1, -0.05) is 66.2 Å². The van der Waals surface area contributed by atoms with Crippen LogP contribution in [0.1, 0.15) is 37.8 Å². The predicted octanol–water partition coefficient (Wildman–Crippen LogP) is 4.51. The van der Waals surface area contributed by atoms with E-state index in [0.29, 0.717) is 27.6 Å². The average molecular weight is 509 g/mol. The molecule has 1 aliphatic rings. The highest BCUT2D eigenvalue weighted by molar-refractivity contribution is 6.30. The summed E-state index contributed by atoms with van der Waals surface area (Å²) in [6.07, 6.45) is 3.76. The molecule has 0 saturated carbocycles. The van der Waals surface area contributed by atoms with E-state index >= 15 is 0 Å². The minimum atomic E-state index is -0.785. The summed E-state index contributed by atoms with van der Waals surface area (Å²) in [5, 5.41) is 6.46. The first kappa shape index (κ1) is 26.8. The highest BCUT2D eigenvalue weighted by atomic mass is 35.5. The molecule has 188 valence electrons. The van der Waals surface area contributed by atoms with Crippen LogP contribution in [0.2, 0.25) is 5.02 Å². The van der Waals surface area contributed by atoms with Crippen molar-refractivity contribution in [3.63, 3.8) is 0 Å². The molecular weight excluding hydrogens is 480 g/mol. The summed E-state index contributed by atoms with van der Waals surface area (Å²) in [6, 6.07) is 16.7. The molecule has 2 aromatic rings. The van der Waals surface area contributed by atoms with Crippen LogP contribution in [0.5, 0.6) is 0 Å². The number of dihydropyridines is 1. The van der Waals surface area contributed by atoms with Gasteiger partial charge in [-0.2, -0.15) is 0 Å². The molecule has 1 aliphatic heterocycles. The molecule has 3 rings (SSSR count). The van der Waals surface area contributed by atoms with Crippen molar-refractivity contribution in [1.29, 1.82) is 0 Å². The zero-order chi connectivity index (χ0) is 26.1. The Bertz CT molecular complexity index is 1220. The molecular formula is C28H29ClN2O5. The summed E-state index contributed by atoms with van der Waals surface area (Å²) in [4.78, 5) is 38.1. The molecule has 2 N–H and O–H groups in total. The molecule has 0 radical (unpaired) electrons. The number of amides is 1. The monoisotopic (exact) mass is 508 g/mol. The van der Waals surface area contributed by atoms with Crippen LogP contribution in [0, 0.1) is 0 Å². The molecule has 0 aliphatic carbocycles. The molecule has 1 unspecified atom stereocenters. The molecule has 36 heavy (non-hydrogen) atoms. The zero-order valence-electron chi connectivity index (χ0n) is 20.5. The van der Waals surface area contributed by atoms with Crippen LogP contribution in [-0.2, 0) is 23.9 Å². The van der Waals surface area contributed by atoms with Crippen LogP contribution in [0.25, 0.3) is 6.08 Å². The fourth-order valence-corrected chi connectivity index (χ4v) is 4.16. The number of carbonyl (C=O) groups is 3. The van der Waals surface area contributed by atoms with Gasteiger partial charge in [-0.3, -0.25) is 9.59 Å². The fraction of sp³-hybridized carbons (Fsp3) is 0.250. The third-order valence-corrected chi connectivity index (χ3v) is 5.71. The van der Waals surface area contributed by atoms with Gasteiger partial charge in [0, 0.05) is 29.8 Å². The van der Waals surface area contributed by atoms with Crippen molar-refractivity contribution < 1.29 is 23.9 Å². The Labute approximate surface area is 215 Å². The van der Waals surface area contributed by atoms with Crippen molar-refractivity contribution in [3.05, 3.63) is 99.4 Å². The van der Waals surface area contributed by atoms with Gasteiger partial charge in [0.25, 0.3) is 0 Å². The number of allylic oxidation sites excluding steroid dienone is 1. The van der Waals surface area contributed by atoms with Gasteiger partial charge in [0.15, 0.2) is 0 Å². The summed E-state index contributed by atoms with van der Waals surface area (Å²) in [6.45, 7) is 4.97. The highest BCUT2D eigenvalue weighted by Crippen LogP contribution is 2.39. The van der Waals surface area contributed by atoms with E-state index < -0.39 is 17.9 Å². The number of hydrogen-bond acceptors (Lipinski definition) is 6. The summed E-state index contributed by atoms with van der Waals surface area (Å²) >= 11 is 6.27. The molecule has 1 amide bonds. The zero-order valence-corrected chi connectivity index (χ0v) is 21.2.